The molecule has 0 aliphatic rings. The molecule has 110 valence electrons. The summed E-state index contributed by atoms with van der Waals surface area (Å²) in [5, 5.41) is 38.8. The monoisotopic (exact) mass is 282 g/mol. The molecule has 0 fully saturated rings. The standard InChI is InChI=1S/C3H4O4.C3H6O3.C3H4O3/c4-2(5)1-3(6)7;2*1-2(4)3(5)6/h1H2,(H,4,5)(H,6,7);2,4H,1H3,(H,5,6);1H3,(H,5,6). The number of hydrogen-bond acceptors (Lipinski definition) is 6. The van der Waals surface area contributed by atoms with E-state index in [1.165, 1.54) is 6.92 Å². The van der Waals surface area contributed by atoms with Crippen molar-refractivity contribution in [1.29, 1.82) is 0 Å². The molecule has 0 bridgehead atoms. The maximum absolute atomic E-state index is 9.54. The second-order valence-electron chi connectivity index (χ2n) is 2.84. The van der Waals surface area contributed by atoms with Crippen molar-refractivity contribution < 1.29 is 49.5 Å². The van der Waals surface area contributed by atoms with Crippen LogP contribution < -0.4 is 0 Å². The van der Waals surface area contributed by atoms with Crippen LogP contribution >= 0.6 is 0 Å². The van der Waals surface area contributed by atoms with Crippen molar-refractivity contribution in [3.05, 3.63) is 0 Å². The number of rotatable bonds is 4. The Labute approximate surface area is 106 Å². The molecule has 0 aromatic rings. The number of aliphatic hydroxyl groups is 1. The van der Waals surface area contributed by atoms with Gasteiger partial charge in [-0.05, 0) is 6.92 Å². The predicted octanol–water partition coefficient (Wildman–Crippen LogP) is -1.34. The van der Waals surface area contributed by atoms with Crippen LogP contribution in [0.25, 0.3) is 0 Å². The summed E-state index contributed by atoms with van der Waals surface area (Å²) in [5.74, 6) is -6.01. The maximum atomic E-state index is 9.54. The van der Waals surface area contributed by atoms with E-state index in [1.807, 2.05) is 0 Å². The Kier molecular flexibility index (Phi) is 13.7. The predicted molar refractivity (Wildman–Crippen MR) is 57.5 cm³/mol. The second kappa shape index (κ2) is 12.0. The fourth-order valence-electron chi connectivity index (χ4n) is 0.129. The van der Waals surface area contributed by atoms with Crippen molar-refractivity contribution in [1.82, 2.24) is 0 Å². The normalized spacial score (nSPS) is 9.63. The van der Waals surface area contributed by atoms with Crippen LogP contribution in [0.4, 0.5) is 0 Å². The van der Waals surface area contributed by atoms with Gasteiger partial charge in [-0.15, -0.1) is 0 Å². The Hall–Kier alpha value is -2.49. The van der Waals surface area contributed by atoms with Crippen LogP contribution in [0.1, 0.15) is 20.3 Å². The lowest BCUT2D eigenvalue weighted by Gasteiger charge is -1.89. The molecule has 1 unspecified atom stereocenters. The fraction of sp³-hybridized carbons (Fsp3) is 0.444. The highest BCUT2D eigenvalue weighted by molar-refractivity contribution is 6.31. The van der Waals surface area contributed by atoms with E-state index in [0.29, 0.717) is 0 Å². The van der Waals surface area contributed by atoms with Crippen molar-refractivity contribution in [3.8, 4) is 0 Å². The molecule has 0 aliphatic heterocycles. The van der Waals surface area contributed by atoms with E-state index in [0.717, 1.165) is 6.92 Å². The molecule has 19 heavy (non-hydrogen) atoms. The molecular weight excluding hydrogens is 268 g/mol. The average Bonchev–Trinajstić information content (AvgIpc) is 2.16. The number of carbonyl (C=O) groups excluding carboxylic acids is 1. The minimum absolute atomic E-state index is 0.806. The van der Waals surface area contributed by atoms with Crippen LogP contribution in [0, 0.1) is 0 Å². The van der Waals surface area contributed by atoms with Crippen LogP contribution in [0.3, 0.4) is 0 Å². The van der Waals surface area contributed by atoms with Gasteiger partial charge in [0.1, 0.15) is 12.5 Å². The summed E-state index contributed by atoms with van der Waals surface area (Å²) >= 11 is 0. The zero-order valence-corrected chi connectivity index (χ0v) is 10.1. The number of aliphatic carboxylic acids is 4. The largest absolute Gasteiger partial charge is 0.481 e. The number of hydrogen-bond donors (Lipinski definition) is 5. The van der Waals surface area contributed by atoms with Gasteiger partial charge in [0.05, 0.1) is 0 Å². The van der Waals surface area contributed by atoms with E-state index in [2.05, 4.69) is 0 Å². The molecule has 10 nitrogen and oxygen atoms in total. The van der Waals surface area contributed by atoms with Gasteiger partial charge in [0.15, 0.2) is 0 Å². The van der Waals surface area contributed by atoms with Gasteiger partial charge in [0, 0.05) is 6.92 Å². The van der Waals surface area contributed by atoms with Crippen molar-refractivity contribution in [2.75, 3.05) is 0 Å². The summed E-state index contributed by atoms with van der Waals surface area (Å²) in [5.41, 5.74) is 0. The third kappa shape index (κ3) is 31.3. The lowest BCUT2D eigenvalue weighted by molar-refractivity contribution is -0.148. The van der Waals surface area contributed by atoms with Gasteiger partial charge in [-0.2, -0.15) is 0 Å². The van der Waals surface area contributed by atoms with Gasteiger partial charge in [0.2, 0.25) is 5.78 Å². The zero-order valence-electron chi connectivity index (χ0n) is 10.1. The quantitative estimate of drug-likeness (QED) is 0.305. The summed E-state index contributed by atoms with van der Waals surface area (Å²) in [4.78, 5) is 47.2. The fourth-order valence-corrected chi connectivity index (χ4v) is 0.129. The second-order valence-corrected chi connectivity index (χ2v) is 2.84. The van der Waals surface area contributed by atoms with Gasteiger partial charge >= 0.3 is 23.9 Å². The molecular formula is C9H14O10. The summed E-state index contributed by atoms with van der Waals surface area (Å²) in [6.07, 6.45) is -2.04. The van der Waals surface area contributed by atoms with Crippen LogP contribution in [0.15, 0.2) is 0 Å². The van der Waals surface area contributed by atoms with Crippen LogP contribution in [0.2, 0.25) is 0 Å². The first kappa shape index (κ1) is 21.8. The number of ketones is 1. The first-order valence-corrected chi connectivity index (χ1v) is 4.50. The summed E-state index contributed by atoms with van der Waals surface area (Å²) in [7, 11) is 0. The smallest absolute Gasteiger partial charge is 0.371 e. The Morgan fingerprint density at radius 1 is 0.895 bits per heavy atom. The van der Waals surface area contributed by atoms with Crippen LogP contribution in [-0.2, 0) is 24.0 Å². The van der Waals surface area contributed by atoms with Crippen molar-refractivity contribution in [2.45, 2.75) is 26.4 Å². The Morgan fingerprint density at radius 2 is 1.11 bits per heavy atom. The summed E-state index contributed by atoms with van der Waals surface area (Å²) in [6.45, 7) is 2.20. The number of carboxylic acids is 4. The van der Waals surface area contributed by atoms with E-state index in [-0.39, 0.29) is 0 Å². The van der Waals surface area contributed by atoms with Crippen molar-refractivity contribution in [3.63, 3.8) is 0 Å². The van der Waals surface area contributed by atoms with Crippen molar-refractivity contribution >= 4 is 29.7 Å². The molecule has 0 radical (unpaired) electrons. The zero-order chi connectivity index (χ0) is 16.2. The highest BCUT2D eigenvalue weighted by Crippen LogP contribution is 1.74. The highest BCUT2D eigenvalue weighted by Gasteiger charge is 2.02. The van der Waals surface area contributed by atoms with E-state index in [4.69, 9.17) is 25.5 Å². The molecule has 0 spiro atoms. The molecule has 5 N–H and O–H groups in total. The highest BCUT2D eigenvalue weighted by atomic mass is 16.4. The first-order chi connectivity index (χ1) is 8.41. The lowest BCUT2D eigenvalue weighted by atomic mass is 10.4. The van der Waals surface area contributed by atoms with Gasteiger partial charge in [0.25, 0.3) is 0 Å². The van der Waals surface area contributed by atoms with E-state index in [9.17, 15) is 24.0 Å². The average molecular weight is 282 g/mol. The molecule has 0 amide bonds. The molecule has 0 heterocycles. The molecule has 0 aliphatic carbocycles. The molecule has 0 rings (SSSR count). The van der Waals surface area contributed by atoms with E-state index >= 15 is 0 Å². The minimum Gasteiger partial charge on any atom is -0.481 e. The summed E-state index contributed by atoms with van der Waals surface area (Å²) < 4.78 is 0. The topological polar surface area (TPSA) is 186 Å². The Balaban J connectivity index is -0.000000203. The lowest BCUT2D eigenvalue weighted by Crippen LogP contribution is -2.13. The maximum Gasteiger partial charge on any atom is 0.371 e. The van der Waals surface area contributed by atoms with E-state index in [1.54, 1.807) is 0 Å². The Bertz CT molecular complexity index is 319. The Morgan fingerprint density at radius 3 is 1.11 bits per heavy atom. The minimum atomic E-state index is -1.38. The van der Waals surface area contributed by atoms with Gasteiger partial charge in [-0.1, -0.05) is 0 Å². The van der Waals surface area contributed by atoms with E-state index < -0.39 is 42.2 Å². The van der Waals surface area contributed by atoms with Crippen LogP contribution in [-0.4, -0.2) is 61.3 Å². The third-order valence-electron chi connectivity index (χ3n) is 0.961. The summed E-state index contributed by atoms with van der Waals surface area (Å²) in [6, 6.07) is 0. The molecule has 10 heteroatoms. The van der Waals surface area contributed by atoms with Gasteiger partial charge in [-0.25, -0.2) is 9.59 Å². The molecule has 1 atom stereocenters. The first-order valence-electron chi connectivity index (χ1n) is 4.50. The van der Waals surface area contributed by atoms with Crippen molar-refractivity contribution in [2.24, 2.45) is 0 Å². The molecule has 0 aromatic heterocycles. The molecule has 0 saturated carbocycles. The number of Topliss-reactive ketones (excluding diaryl/α,β-unsaturated/α-hetero) is 1. The SMILES string of the molecule is CC(=O)C(=O)O.CC(O)C(=O)O.O=C(O)CC(=O)O. The van der Waals surface area contributed by atoms with Crippen LogP contribution in [0.5, 0.6) is 0 Å². The molecule has 0 aromatic carbocycles. The number of aliphatic hydroxyl groups excluding tert-OH is 1. The molecule has 0 saturated heterocycles. The third-order valence-corrected chi connectivity index (χ3v) is 0.961. The van der Waals surface area contributed by atoms with Gasteiger partial charge in [-0.3, -0.25) is 14.4 Å². The number of carboxylic acid groups (broad SMARTS) is 4. The van der Waals surface area contributed by atoms with Gasteiger partial charge < -0.3 is 25.5 Å². The number of carbonyl (C=O) groups is 5.